The second-order valence-corrected chi connectivity index (χ2v) is 6.45. The Kier molecular flexibility index (Phi) is 4.15. The quantitative estimate of drug-likeness (QED) is 0.510. The van der Waals surface area contributed by atoms with Crippen molar-refractivity contribution in [2.24, 2.45) is 0 Å². The van der Waals surface area contributed by atoms with E-state index in [0.29, 0.717) is 28.2 Å². The molecule has 0 radical (unpaired) electrons. The number of fused-ring (bicyclic) bond motifs is 1. The average Bonchev–Trinajstić information content (AvgIpc) is 3.28. The third-order valence-corrected chi connectivity index (χ3v) is 4.51. The Hall–Kier alpha value is -2.80. The number of aromatic nitrogens is 2. The number of carbonyl (C=O) groups excluding carboxylic acids is 1. The minimum absolute atomic E-state index is 0.0430. The second kappa shape index (κ2) is 6.60. The number of hydrogen-bond acceptors (Lipinski definition) is 7. The molecule has 0 unspecified atom stereocenters. The van der Waals surface area contributed by atoms with Gasteiger partial charge < -0.3 is 13.9 Å². The van der Waals surface area contributed by atoms with Gasteiger partial charge in [0.25, 0.3) is 5.22 Å². The highest BCUT2D eigenvalue weighted by atomic mass is 32.2. The summed E-state index contributed by atoms with van der Waals surface area (Å²) >= 11 is 1.21. The number of rotatable bonds is 5. The number of aryl methyl sites for hydroxylation is 1. The first kappa shape index (κ1) is 15.7. The molecule has 126 valence electrons. The summed E-state index contributed by atoms with van der Waals surface area (Å²) in [6, 6.07) is 13.0. The standard InChI is InChI=1S/C18H14N2O4S/c1-11-3-2-4-13(7-11)17-19-20-18(24-17)25-9-14(21)12-5-6-15-16(8-12)23-10-22-15/h2-8H,9-10H2,1H3. The predicted molar refractivity (Wildman–Crippen MR) is 92.1 cm³/mol. The smallest absolute Gasteiger partial charge is 0.277 e. The first-order valence-electron chi connectivity index (χ1n) is 7.65. The van der Waals surface area contributed by atoms with Crippen LogP contribution in [0.3, 0.4) is 0 Å². The van der Waals surface area contributed by atoms with Crippen molar-refractivity contribution in [1.29, 1.82) is 0 Å². The molecule has 1 aliphatic rings. The summed E-state index contributed by atoms with van der Waals surface area (Å²) in [6.07, 6.45) is 0. The molecule has 4 rings (SSSR count). The summed E-state index contributed by atoms with van der Waals surface area (Å²) in [5.41, 5.74) is 2.54. The van der Waals surface area contributed by atoms with Crippen LogP contribution >= 0.6 is 11.8 Å². The molecule has 6 nitrogen and oxygen atoms in total. The Bertz CT molecular complexity index is 938. The topological polar surface area (TPSA) is 74.5 Å². The van der Waals surface area contributed by atoms with Gasteiger partial charge in [-0.3, -0.25) is 4.79 Å². The number of Topliss-reactive ketones (excluding diaryl/α,β-unsaturated/α-hetero) is 1. The van der Waals surface area contributed by atoms with Crippen LogP contribution in [0.15, 0.2) is 52.1 Å². The summed E-state index contributed by atoms with van der Waals surface area (Å²) in [7, 11) is 0. The fourth-order valence-corrected chi connectivity index (χ4v) is 3.10. The van der Waals surface area contributed by atoms with Gasteiger partial charge in [0.05, 0.1) is 5.75 Å². The second-order valence-electron chi connectivity index (χ2n) is 5.52. The van der Waals surface area contributed by atoms with Crippen molar-refractivity contribution in [1.82, 2.24) is 10.2 Å². The lowest BCUT2D eigenvalue weighted by molar-refractivity contribution is 0.102. The van der Waals surface area contributed by atoms with Crippen molar-refractivity contribution in [3.8, 4) is 23.0 Å². The van der Waals surface area contributed by atoms with Crippen molar-refractivity contribution >= 4 is 17.5 Å². The highest BCUT2D eigenvalue weighted by Gasteiger charge is 2.17. The fraction of sp³-hybridized carbons (Fsp3) is 0.167. The maximum Gasteiger partial charge on any atom is 0.277 e. The van der Waals surface area contributed by atoms with E-state index < -0.39 is 0 Å². The molecule has 2 heterocycles. The number of benzene rings is 2. The zero-order chi connectivity index (χ0) is 17.2. The van der Waals surface area contributed by atoms with Gasteiger partial charge >= 0.3 is 0 Å². The number of carbonyl (C=O) groups is 1. The van der Waals surface area contributed by atoms with Crippen molar-refractivity contribution in [3.63, 3.8) is 0 Å². The van der Waals surface area contributed by atoms with Crippen LogP contribution in [0.5, 0.6) is 11.5 Å². The Labute approximate surface area is 148 Å². The Morgan fingerprint density at radius 3 is 2.88 bits per heavy atom. The molecule has 0 fully saturated rings. The largest absolute Gasteiger partial charge is 0.454 e. The molecule has 25 heavy (non-hydrogen) atoms. The van der Waals surface area contributed by atoms with Gasteiger partial charge in [0.2, 0.25) is 12.7 Å². The molecule has 0 saturated heterocycles. The lowest BCUT2D eigenvalue weighted by Crippen LogP contribution is -2.02. The third-order valence-electron chi connectivity index (χ3n) is 3.69. The third kappa shape index (κ3) is 3.36. The predicted octanol–water partition coefficient (Wildman–Crippen LogP) is 3.75. The van der Waals surface area contributed by atoms with Crippen LogP contribution in [0.4, 0.5) is 0 Å². The van der Waals surface area contributed by atoms with Gasteiger partial charge in [-0.2, -0.15) is 0 Å². The molecule has 1 aromatic heterocycles. The molecule has 0 aliphatic carbocycles. The molecule has 0 saturated carbocycles. The van der Waals surface area contributed by atoms with Gasteiger partial charge in [-0.15, -0.1) is 10.2 Å². The van der Waals surface area contributed by atoms with Crippen LogP contribution in [0.25, 0.3) is 11.5 Å². The molecule has 0 N–H and O–H groups in total. The van der Waals surface area contributed by atoms with Gasteiger partial charge in [0.1, 0.15) is 0 Å². The van der Waals surface area contributed by atoms with Crippen molar-refractivity contribution < 1.29 is 18.7 Å². The lowest BCUT2D eigenvalue weighted by Gasteiger charge is -2.01. The lowest BCUT2D eigenvalue weighted by atomic mass is 10.1. The van der Waals surface area contributed by atoms with E-state index in [1.54, 1.807) is 18.2 Å². The summed E-state index contributed by atoms with van der Waals surface area (Å²) in [6.45, 7) is 2.19. The number of ether oxygens (including phenoxy) is 2. The molecule has 7 heteroatoms. The molecule has 0 amide bonds. The van der Waals surface area contributed by atoms with E-state index >= 15 is 0 Å². The van der Waals surface area contributed by atoms with E-state index in [1.165, 1.54) is 11.8 Å². The summed E-state index contributed by atoms with van der Waals surface area (Å²) in [5.74, 6) is 1.86. The average molecular weight is 354 g/mol. The summed E-state index contributed by atoms with van der Waals surface area (Å²) < 4.78 is 16.2. The minimum atomic E-state index is -0.0430. The van der Waals surface area contributed by atoms with Crippen LogP contribution in [0, 0.1) is 6.92 Å². The normalized spacial score (nSPS) is 12.4. The van der Waals surface area contributed by atoms with Gasteiger partial charge in [-0.25, -0.2) is 0 Å². The monoisotopic (exact) mass is 354 g/mol. The van der Waals surface area contributed by atoms with Crippen molar-refractivity contribution in [2.45, 2.75) is 12.1 Å². The van der Waals surface area contributed by atoms with Crippen LogP contribution in [0.1, 0.15) is 15.9 Å². The van der Waals surface area contributed by atoms with E-state index in [1.807, 2.05) is 31.2 Å². The zero-order valence-electron chi connectivity index (χ0n) is 13.4. The number of hydrogen-bond donors (Lipinski definition) is 0. The van der Waals surface area contributed by atoms with Crippen molar-refractivity contribution in [3.05, 3.63) is 53.6 Å². The molecular weight excluding hydrogens is 340 g/mol. The molecule has 1 aliphatic heterocycles. The number of nitrogens with zero attached hydrogens (tertiary/aromatic N) is 2. The summed E-state index contributed by atoms with van der Waals surface area (Å²) in [5, 5.41) is 8.40. The Balaban J connectivity index is 1.42. The molecular formula is C18H14N2O4S. The maximum absolute atomic E-state index is 12.3. The van der Waals surface area contributed by atoms with Gasteiger partial charge in [-0.05, 0) is 37.3 Å². The summed E-state index contributed by atoms with van der Waals surface area (Å²) in [4.78, 5) is 12.3. The maximum atomic E-state index is 12.3. The van der Waals surface area contributed by atoms with E-state index in [2.05, 4.69) is 10.2 Å². The van der Waals surface area contributed by atoms with E-state index in [-0.39, 0.29) is 18.3 Å². The van der Waals surface area contributed by atoms with Crippen LogP contribution in [-0.2, 0) is 0 Å². The van der Waals surface area contributed by atoms with Crippen molar-refractivity contribution in [2.75, 3.05) is 12.5 Å². The highest BCUT2D eigenvalue weighted by Crippen LogP contribution is 2.33. The molecule has 0 atom stereocenters. The fourth-order valence-electron chi connectivity index (χ4n) is 2.44. The van der Waals surface area contributed by atoms with E-state index in [9.17, 15) is 4.79 Å². The van der Waals surface area contributed by atoms with Gasteiger partial charge in [0, 0.05) is 11.1 Å². The first-order chi connectivity index (χ1) is 12.2. The number of thioether (sulfide) groups is 1. The first-order valence-corrected chi connectivity index (χ1v) is 8.64. The van der Waals surface area contributed by atoms with Crippen LogP contribution in [0.2, 0.25) is 0 Å². The van der Waals surface area contributed by atoms with Gasteiger partial charge in [0.15, 0.2) is 17.3 Å². The van der Waals surface area contributed by atoms with E-state index in [0.717, 1.165) is 11.1 Å². The molecule has 3 aromatic rings. The Morgan fingerprint density at radius 1 is 1.12 bits per heavy atom. The zero-order valence-corrected chi connectivity index (χ0v) is 14.2. The minimum Gasteiger partial charge on any atom is -0.454 e. The van der Waals surface area contributed by atoms with Crippen LogP contribution in [-0.4, -0.2) is 28.5 Å². The SMILES string of the molecule is Cc1cccc(-c2nnc(SCC(=O)c3ccc4c(c3)OCO4)o2)c1. The molecule has 0 bridgehead atoms. The van der Waals surface area contributed by atoms with Gasteiger partial charge in [-0.1, -0.05) is 29.5 Å². The highest BCUT2D eigenvalue weighted by molar-refractivity contribution is 7.99. The molecule has 2 aromatic carbocycles. The Morgan fingerprint density at radius 2 is 2.00 bits per heavy atom. The van der Waals surface area contributed by atoms with Crippen LogP contribution < -0.4 is 9.47 Å². The van der Waals surface area contributed by atoms with E-state index in [4.69, 9.17) is 13.9 Å². The number of ketones is 1. The molecule has 0 spiro atoms.